The minimum Gasteiger partial charge on any atom is -0.352 e. The van der Waals surface area contributed by atoms with Gasteiger partial charge in [-0.25, -0.2) is 17.2 Å². The number of sulfonamides is 1. The Morgan fingerprint density at radius 1 is 0.865 bits per heavy atom. The molecule has 7 nitrogen and oxygen atoms in total. The molecule has 3 rings (SSSR count). The van der Waals surface area contributed by atoms with Crippen LogP contribution in [-0.4, -0.2) is 43.8 Å². The van der Waals surface area contributed by atoms with Gasteiger partial charge >= 0.3 is 0 Å². The number of amides is 2. The van der Waals surface area contributed by atoms with E-state index < -0.39 is 46.1 Å². The molecule has 1 N–H and O–H groups in total. The predicted octanol–water partition coefficient (Wildman–Crippen LogP) is 4.10. The van der Waals surface area contributed by atoms with E-state index in [4.69, 9.17) is 0 Å². The first-order valence-corrected chi connectivity index (χ1v) is 13.1. The number of hydrogen-bond acceptors (Lipinski definition) is 4. The van der Waals surface area contributed by atoms with Crippen molar-refractivity contribution in [1.29, 1.82) is 0 Å². The third kappa shape index (κ3) is 6.91. The molecule has 196 valence electrons. The molecule has 3 aromatic rings. The number of nitrogens with zero attached hydrogens (tertiary/aromatic N) is 2. The summed E-state index contributed by atoms with van der Waals surface area (Å²) in [4.78, 5) is 27.5. The minimum atomic E-state index is -4.35. The van der Waals surface area contributed by atoms with E-state index in [1.54, 1.807) is 19.9 Å². The van der Waals surface area contributed by atoms with Crippen LogP contribution in [0.1, 0.15) is 26.3 Å². The lowest BCUT2D eigenvalue weighted by Gasteiger charge is -2.32. The predicted molar refractivity (Wildman–Crippen MR) is 137 cm³/mol. The SMILES string of the molecule is CC(C)NC(=O)[C@H](C)N(Cc1ccc(F)cc1)C(=O)CN(c1ccccc1F)S(=O)(=O)c1ccccc1. The number of anilines is 1. The van der Waals surface area contributed by atoms with E-state index in [1.165, 1.54) is 78.6 Å². The number of benzene rings is 3. The van der Waals surface area contributed by atoms with Crippen LogP contribution in [0.5, 0.6) is 0 Å². The summed E-state index contributed by atoms with van der Waals surface area (Å²) < 4.78 is 56.1. The average Bonchev–Trinajstić information content (AvgIpc) is 2.87. The van der Waals surface area contributed by atoms with Gasteiger partial charge in [-0.2, -0.15) is 0 Å². The second-order valence-electron chi connectivity index (χ2n) is 8.76. The highest BCUT2D eigenvalue weighted by atomic mass is 32.2. The fourth-order valence-corrected chi connectivity index (χ4v) is 5.10. The Balaban J connectivity index is 2.02. The average molecular weight is 530 g/mol. The van der Waals surface area contributed by atoms with E-state index in [1.807, 2.05) is 0 Å². The lowest BCUT2D eigenvalue weighted by Crippen LogP contribution is -2.52. The maximum absolute atomic E-state index is 14.8. The molecule has 0 fully saturated rings. The Bertz CT molecular complexity index is 1330. The minimum absolute atomic E-state index is 0.0949. The van der Waals surface area contributed by atoms with Gasteiger partial charge in [0.25, 0.3) is 10.0 Å². The molecule has 37 heavy (non-hydrogen) atoms. The molecule has 0 heterocycles. The quantitative estimate of drug-likeness (QED) is 0.429. The molecule has 10 heteroatoms. The summed E-state index contributed by atoms with van der Waals surface area (Å²) in [7, 11) is -4.35. The second kappa shape index (κ2) is 12.0. The summed E-state index contributed by atoms with van der Waals surface area (Å²) in [5, 5.41) is 2.74. The van der Waals surface area contributed by atoms with E-state index in [9.17, 15) is 26.8 Å². The van der Waals surface area contributed by atoms with Crippen LogP contribution in [-0.2, 0) is 26.2 Å². The largest absolute Gasteiger partial charge is 0.352 e. The van der Waals surface area contributed by atoms with Crippen molar-refractivity contribution in [3.63, 3.8) is 0 Å². The molecule has 0 radical (unpaired) electrons. The van der Waals surface area contributed by atoms with Gasteiger partial charge in [-0.05, 0) is 62.7 Å². The molecule has 1 atom stereocenters. The van der Waals surface area contributed by atoms with Crippen LogP contribution in [0.15, 0.2) is 83.8 Å². The van der Waals surface area contributed by atoms with Gasteiger partial charge in [0.2, 0.25) is 11.8 Å². The fourth-order valence-electron chi connectivity index (χ4n) is 3.66. The van der Waals surface area contributed by atoms with Crippen molar-refractivity contribution in [3.05, 3.63) is 96.1 Å². The third-order valence-corrected chi connectivity index (χ3v) is 7.37. The van der Waals surface area contributed by atoms with Crippen LogP contribution in [0.4, 0.5) is 14.5 Å². The van der Waals surface area contributed by atoms with E-state index >= 15 is 0 Å². The van der Waals surface area contributed by atoms with Gasteiger partial charge in [0.15, 0.2) is 0 Å². The highest BCUT2D eigenvalue weighted by Gasteiger charge is 2.33. The van der Waals surface area contributed by atoms with Gasteiger partial charge in [-0.1, -0.05) is 42.5 Å². The van der Waals surface area contributed by atoms with Crippen molar-refractivity contribution in [1.82, 2.24) is 10.2 Å². The molecule has 0 bridgehead atoms. The summed E-state index contributed by atoms with van der Waals surface area (Å²) >= 11 is 0. The van der Waals surface area contributed by atoms with Gasteiger partial charge in [0.1, 0.15) is 24.2 Å². The molecule has 0 spiro atoms. The molecule has 0 unspecified atom stereocenters. The normalized spacial score (nSPS) is 12.2. The Hall–Kier alpha value is -3.79. The van der Waals surface area contributed by atoms with Gasteiger partial charge in [0.05, 0.1) is 10.6 Å². The lowest BCUT2D eigenvalue weighted by molar-refractivity contribution is -0.139. The van der Waals surface area contributed by atoms with Gasteiger partial charge in [-0.15, -0.1) is 0 Å². The lowest BCUT2D eigenvalue weighted by atomic mass is 10.1. The summed E-state index contributed by atoms with van der Waals surface area (Å²) in [5.41, 5.74) is 0.225. The number of para-hydroxylation sites is 1. The van der Waals surface area contributed by atoms with E-state index in [0.717, 1.165) is 6.07 Å². The zero-order chi connectivity index (χ0) is 27.2. The molecule has 0 aliphatic rings. The Labute approximate surface area is 215 Å². The third-order valence-electron chi connectivity index (χ3n) is 5.60. The van der Waals surface area contributed by atoms with E-state index in [0.29, 0.717) is 9.87 Å². The van der Waals surface area contributed by atoms with Crippen molar-refractivity contribution >= 4 is 27.5 Å². The number of rotatable bonds is 10. The smallest absolute Gasteiger partial charge is 0.264 e. The molecule has 0 saturated carbocycles. The van der Waals surface area contributed by atoms with Crippen LogP contribution in [0.2, 0.25) is 0 Å². The van der Waals surface area contributed by atoms with Crippen LogP contribution >= 0.6 is 0 Å². The number of nitrogens with one attached hydrogen (secondary N) is 1. The van der Waals surface area contributed by atoms with Gasteiger partial charge in [0, 0.05) is 12.6 Å². The standard InChI is InChI=1S/C27H29F2N3O4S/c1-19(2)30-27(34)20(3)31(17-21-13-15-22(28)16-14-21)26(33)18-32(25-12-8-7-11-24(25)29)37(35,36)23-9-5-4-6-10-23/h4-16,19-20H,17-18H2,1-3H3,(H,30,34)/t20-/m0/s1. The zero-order valence-corrected chi connectivity index (χ0v) is 21.6. The maximum atomic E-state index is 14.8. The molecule has 3 aromatic carbocycles. The Kier molecular flexibility index (Phi) is 8.99. The topological polar surface area (TPSA) is 86.8 Å². The summed E-state index contributed by atoms with van der Waals surface area (Å²) in [6, 6.07) is 16.8. The van der Waals surface area contributed by atoms with Crippen molar-refractivity contribution in [2.75, 3.05) is 10.8 Å². The van der Waals surface area contributed by atoms with Crippen LogP contribution in [0.3, 0.4) is 0 Å². The number of hydrogen-bond donors (Lipinski definition) is 1. The Morgan fingerprint density at radius 2 is 1.46 bits per heavy atom. The molecular weight excluding hydrogens is 500 g/mol. The number of carbonyl (C=O) groups is 2. The first-order valence-electron chi connectivity index (χ1n) is 11.7. The molecule has 0 aromatic heterocycles. The summed E-state index contributed by atoms with van der Waals surface area (Å²) in [5.74, 6) is -2.48. The van der Waals surface area contributed by atoms with E-state index in [2.05, 4.69) is 5.32 Å². The van der Waals surface area contributed by atoms with Crippen molar-refractivity contribution < 1.29 is 26.8 Å². The van der Waals surface area contributed by atoms with Crippen molar-refractivity contribution in [3.8, 4) is 0 Å². The van der Waals surface area contributed by atoms with Crippen LogP contribution in [0.25, 0.3) is 0 Å². The van der Waals surface area contributed by atoms with Crippen molar-refractivity contribution in [2.45, 2.75) is 44.3 Å². The summed E-state index contributed by atoms with van der Waals surface area (Å²) in [6.45, 7) is 4.19. The number of carbonyl (C=O) groups excluding carboxylic acids is 2. The van der Waals surface area contributed by atoms with Crippen molar-refractivity contribution in [2.24, 2.45) is 0 Å². The number of halogens is 2. The van der Waals surface area contributed by atoms with Crippen LogP contribution < -0.4 is 9.62 Å². The fraction of sp³-hybridized carbons (Fsp3) is 0.259. The molecule has 0 aliphatic heterocycles. The van der Waals surface area contributed by atoms with E-state index in [-0.39, 0.29) is 23.2 Å². The molecule has 0 saturated heterocycles. The highest BCUT2D eigenvalue weighted by molar-refractivity contribution is 7.92. The van der Waals surface area contributed by atoms with Crippen LogP contribution in [0, 0.1) is 11.6 Å². The molecule has 2 amide bonds. The maximum Gasteiger partial charge on any atom is 0.264 e. The second-order valence-corrected chi connectivity index (χ2v) is 10.6. The first-order chi connectivity index (χ1) is 17.5. The zero-order valence-electron chi connectivity index (χ0n) is 20.8. The molecular formula is C27H29F2N3O4S. The van der Waals surface area contributed by atoms with Gasteiger partial charge < -0.3 is 10.2 Å². The summed E-state index contributed by atoms with van der Waals surface area (Å²) in [6.07, 6.45) is 0. The first kappa shape index (κ1) is 27.8. The van der Waals surface area contributed by atoms with Gasteiger partial charge in [-0.3, -0.25) is 13.9 Å². The molecule has 0 aliphatic carbocycles. The highest BCUT2D eigenvalue weighted by Crippen LogP contribution is 2.26. The Morgan fingerprint density at radius 3 is 2.05 bits per heavy atom. The monoisotopic (exact) mass is 529 g/mol.